The van der Waals surface area contributed by atoms with E-state index >= 15 is 0 Å². The number of amides is 3. The molecule has 1 fully saturated rings. The van der Waals surface area contributed by atoms with Crippen molar-refractivity contribution in [1.29, 1.82) is 0 Å². The van der Waals surface area contributed by atoms with Crippen LogP contribution in [-0.2, 0) is 11.2 Å². The van der Waals surface area contributed by atoms with Crippen LogP contribution < -0.4 is 20.3 Å². The largest absolute Gasteiger partial charge is 0.497 e. The number of hydrogen-bond acceptors (Lipinski definition) is 5. The number of hydrogen-bond donors (Lipinski definition) is 1. The fourth-order valence-corrected chi connectivity index (χ4v) is 4.45. The Morgan fingerprint density at radius 3 is 2.12 bits per heavy atom. The van der Waals surface area contributed by atoms with Crippen LogP contribution in [0.1, 0.15) is 39.4 Å². The number of nitrogens with two attached hydrogens (primary N) is 1. The molecule has 2 aromatic carbocycles. The highest BCUT2D eigenvalue weighted by Crippen LogP contribution is 2.31. The van der Waals surface area contributed by atoms with E-state index in [1.807, 2.05) is 36.4 Å². The maximum atomic E-state index is 13.5. The molecular weight excluding hydrogens is 422 g/mol. The van der Waals surface area contributed by atoms with Crippen molar-refractivity contribution in [3.63, 3.8) is 0 Å². The second kappa shape index (κ2) is 8.09. The van der Waals surface area contributed by atoms with Crippen molar-refractivity contribution in [2.45, 2.75) is 19.3 Å². The SMILES string of the molecule is COc1ccc(-n2nc(C(N)=O)c3c2CCN(c2ccc(N4CCCC4=O)cc2)C3=O)cc1. The minimum Gasteiger partial charge on any atom is -0.497 e. The van der Waals surface area contributed by atoms with E-state index in [-0.39, 0.29) is 23.1 Å². The highest BCUT2D eigenvalue weighted by atomic mass is 16.5. The zero-order chi connectivity index (χ0) is 23.1. The van der Waals surface area contributed by atoms with Crippen molar-refractivity contribution < 1.29 is 19.1 Å². The van der Waals surface area contributed by atoms with Crippen molar-refractivity contribution in [3.05, 3.63) is 65.5 Å². The summed E-state index contributed by atoms with van der Waals surface area (Å²) in [4.78, 5) is 41.0. The minimum absolute atomic E-state index is 0.0465. The Bertz CT molecular complexity index is 1250. The van der Waals surface area contributed by atoms with Gasteiger partial charge in [0.05, 0.1) is 24.1 Å². The number of anilines is 2. The van der Waals surface area contributed by atoms with Crippen molar-refractivity contribution in [3.8, 4) is 11.4 Å². The van der Waals surface area contributed by atoms with Crippen LogP contribution in [0.4, 0.5) is 11.4 Å². The summed E-state index contributed by atoms with van der Waals surface area (Å²) in [5.74, 6) is -0.277. The number of aromatic nitrogens is 2. The highest BCUT2D eigenvalue weighted by molar-refractivity contribution is 6.14. The van der Waals surface area contributed by atoms with Crippen LogP contribution in [0.2, 0.25) is 0 Å². The second-order valence-corrected chi connectivity index (χ2v) is 8.02. The van der Waals surface area contributed by atoms with Crippen LogP contribution in [-0.4, -0.2) is 47.7 Å². The molecule has 0 aliphatic carbocycles. The second-order valence-electron chi connectivity index (χ2n) is 8.02. The lowest BCUT2D eigenvalue weighted by Gasteiger charge is -2.28. The zero-order valence-corrected chi connectivity index (χ0v) is 18.2. The summed E-state index contributed by atoms with van der Waals surface area (Å²) >= 11 is 0. The molecular formula is C24H23N5O4. The maximum Gasteiger partial charge on any atom is 0.270 e. The van der Waals surface area contributed by atoms with Gasteiger partial charge in [0.25, 0.3) is 11.8 Å². The first kappa shape index (κ1) is 20.7. The van der Waals surface area contributed by atoms with Crippen LogP contribution in [0, 0.1) is 0 Å². The van der Waals surface area contributed by atoms with Crippen LogP contribution in [0.3, 0.4) is 0 Å². The lowest BCUT2D eigenvalue weighted by atomic mass is 10.0. The fraction of sp³-hybridized carbons (Fsp3) is 0.250. The summed E-state index contributed by atoms with van der Waals surface area (Å²) in [5, 5.41) is 4.38. The smallest absolute Gasteiger partial charge is 0.270 e. The lowest BCUT2D eigenvalue weighted by Crippen LogP contribution is -2.39. The lowest BCUT2D eigenvalue weighted by molar-refractivity contribution is -0.117. The fourth-order valence-electron chi connectivity index (χ4n) is 4.45. The number of ether oxygens (including phenoxy) is 1. The number of carbonyl (C=O) groups is 3. The summed E-state index contributed by atoms with van der Waals surface area (Å²) in [6.07, 6.45) is 1.91. The molecule has 0 spiro atoms. The van der Waals surface area contributed by atoms with Gasteiger partial charge < -0.3 is 20.3 Å². The van der Waals surface area contributed by atoms with Crippen molar-refractivity contribution >= 4 is 29.1 Å². The van der Waals surface area contributed by atoms with Gasteiger partial charge in [0.15, 0.2) is 5.69 Å². The average molecular weight is 445 g/mol. The molecule has 3 heterocycles. The molecule has 5 rings (SSSR count). The van der Waals surface area contributed by atoms with Gasteiger partial charge in [0.1, 0.15) is 5.75 Å². The molecule has 1 aromatic heterocycles. The third-order valence-electron chi connectivity index (χ3n) is 6.11. The van der Waals surface area contributed by atoms with E-state index in [0.717, 1.165) is 12.1 Å². The van der Waals surface area contributed by atoms with E-state index in [0.29, 0.717) is 48.7 Å². The Labute approximate surface area is 190 Å². The summed E-state index contributed by atoms with van der Waals surface area (Å²) in [7, 11) is 1.58. The molecule has 2 aliphatic heterocycles. The number of fused-ring (bicyclic) bond motifs is 1. The molecule has 0 unspecified atom stereocenters. The third kappa shape index (κ3) is 3.51. The monoisotopic (exact) mass is 445 g/mol. The number of primary amides is 1. The van der Waals surface area contributed by atoms with Gasteiger partial charge in [-0.3, -0.25) is 14.4 Å². The number of nitrogens with zero attached hydrogens (tertiary/aromatic N) is 4. The van der Waals surface area contributed by atoms with Crippen molar-refractivity contribution in [1.82, 2.24) is 9.78 Å². The molecule has 0 bridgehead atoms. The predicted octanol–water partition coefficient (Wildman–Crippen LogP) is 2.31. The van der Waals surface area contributed by atoms with Crippen molar-refractivity contribution in [2.24, 2.45) is 5.73 Å². The molecule has 1 saturated heterocycles. The van der Waals surface area contributed by atoms with E-state index in [1.54, 1.807) is 33.7 Å². The molecule has 3 amide bonds. The molecule has 3 aromatic rings. The van der Waals surface area contributed by atoms with Gasteiger partial charge in [0.2, 0.25) is 5.91 Å². The van der Waals surface area contributed by atoms with Gasteiger partial charge in [-0.05, 0) is 55.0 Å². The van der Waals surface area contributed by atoms with Crippen LogP contribution in [0.5, 0.6) is 5.75 Å². The van der Waals surface area contributed by atoms with E-state index in [9.17, 15) is 14.4 Å². The standard InChI is InChI=1S/C24H23N5O4/c1-33-18-10-8-17(9-11-18)29-19-12-14-28(24(32)21(19)22(26-29)23(25)31)16-6-4-15(5-7-16)27-13-2-3-20(27)30/h4-11H,2-3,12-14H2,1H3,(H2,25,31). The molecule has 0 saturated carbocycles. The van der Waals surface area contributed by atoms with Gasteiger partial charge in [-0.15, -0.1) is 0 Å². The van der Waals surface area contributed by atoms with Crippen molar-refractivity contribution in [2.75, 3.05) is 30.0 Å². The molecule has 2 N–H and O–H groups in total. The number of benzene rings is 2. The molecule has 168 valence electrons. The molecule has 2 aliphatic rings. The highest BCUT2D eigenvalue weighted by Gasteiger charge is 2.35. The first-order valence-electron chi connectivity index (χ1n) is 10.8. The first-order valence-corrected chi connectivity index (χ1v) is 10.8. The minimum atomic E-state index is -0.753. The quantitative estimate of drug-likeness (QED) is 0.648. The number of methoxy groups -OCH3 is 1. The van der Waals surface area contributed by atoms with Gasteiger partial charge >= 0.3 is 0 Å². The molecule has 33 heavy (non-hydrogen) atoms. The van der Waals surface area contributed by atoms with E-state index in [4.69, 9.17) is 10.5 Å². The summed E-state index contributed by atoms with van der Waals surface area (Å²) in [6.45, 7) is 1.13. The van der Waals surface area contributed by atoms with Crippen LogP contribution >= 0.6 is 0 Å². The molecule has 9 heteroatoms. The summed E-state index contributed by atoms with van der Waals surface area (Å²) in [5.41, 5.74) is 8.62. The third-order valence-corrected chi connectivity index (χ3v) is 6.11. The zero-order valence-electron chi connectivity index (χ0n) is 18.2. The van der Waals surface area contributed by atoms with Gasteiger partial charge in [-0.2, -0.15) is 5.10 Å². The Hall–Kier alpha value is -4.14. The Morgan fingerprint density at radius 2 is 1.55 bits per heavy atom. The molecule has 9 nitrogen and oxygen atoms in total. The summed E-state index contributed by atoms with van der Waals surface area (Å²) in [6, 6.07) is 14.5. The van der Waals surface area contributed by atoms with Gasteiger partial charge in [0, 0.05) is 37.3 Å². The van der Waals surface area contributed by atoms with E-state index in [1.165, 1.54) is 0 Å². The first-order chi connectivity index (χ1) is 16.0. The van der Waals surface area contributed by atoms with E-state index < -0.39 is 5.91 Å². The summed E-state index contributed by atoms with van der Waals surface area (Å²) < 4.78 is 6.81. The Kier molecular flexibility index (Phi) is 5.08. The Balaban J connectivity index is 1.48. The van der Waals surface area contributed by atoms with E-state index in [2.05, 4.69) is 5.10 Å². The maximum absolute atomic E-state index is 13.5. The van der Waals surface area contributed by atoms with Crippen LogP contribution in [0.15, 0.2) is 48.5 Å². The predicted molar refractivity (Wildman–Crippen MR) is 122 cm³/mol. The number of rotatable bonds is 5. The molecule has 0 atom stereocenters. The number of carbonyl (C=O) groups excluding carboxylic acids is 3. The topological polar surface area (TPSA) is 111 Å². The average Bonchev–Trinajstić information content (AvgIpc) is 3.44. The van der Waals surface area contributed by atoms with Crippen LogP contribution in [0.25, 0.3) is 5.69 Å². The molecule has 0 radical (unpaired) electrons. The Morgan fingerprint density at radius 1 is 0.909 bits per heavy atom. The van der Waals surface area contributed by atoms with Gasteiger partial charge in [-0.1, -0.05) is 0 Å². The normalized spacial score (nSPS) is 15.7. The van der Waals surface area contributed by atoms with Gasteiger partial charge in [-0.25, -0.2) is 4.68 Å².